The van der Waals surface area contributed by atoms with Crippen molar-refractivity contribution in [2.24, 2.45) is 11.7 Å². The average Bonchev–Trinajstić information content (AvgIpc) is 2.38. The monoisotopic (exact) mass is 298 g/mol. The molecule has 2 rings (SSSR count). The molecule has 6 heteroatoms. The van der Waals surface area contributed by atoms with Crippen molar-refractivity contribution >= 4 is 10.0 Å². The third kappa shape index (κ3) is 3.50. The number of nitrogens with one attached hydrogen (secondary N) is 1. The lowest BCUT2D eigenvalue weighted by atomic mass is 10.0. The van der Waals surface area contributed by atoms with E-state index in [1.165, 1.54) is 0 Å². The molecule has 1 aliphatic heterocycles. The molecule has 0 bridgehead atoms. The summed E-state index contributed by atoms with van der Waals surface area (Å²) < 4.78 is 32.5. The van der Waals surface area contributed by atoms with Crippen molar-refractivity contribution in [3.8, 4) is 5.75 Å². The highest BCUT2D eigenvalue weighted by molar-refractivity contribution is 7.89. The number of sulfonamides is 1. The zero-order valence-corrected chi connectivity index (χ0v) is 12.7. The topological polar surface area (TPSA) is 81.4 Å². The lowest BCUT2D eigenvalue weighted by molar-refractivity contribution is 0.268. The van der Waals surface area contributed by atoms with Gasteiger partial charge in [-0.2, -0.15) is 0 Å². The van der Waals surface area contributed by atoms with E-state index in [1.54, 1.807) is 18.2 Å². The highest BCUT2D eigenvalue weighted by Crippen LogP contribution is 2.32. The van der Waals surface area contributed by atoms with Gasteiger partial charge in [0.25, 0.3) is 0 Å². The zero-order chi connectivity index (χ0) is 14.8. The van der Waals surface area contributed by atoms with Crippen LogP contribution in [0.1, 0.15) is 38.3 Å². The summed E-state index contributed by atoms with van der Waals surface area (Å²) in [5, 5.41) is 0. The van der Waals surface area contributed by atoms with E-state index < -0.39 is 10.0 Å². The van der Waals surface area contributed by atoms with E-state index in [1.807, 2.05) is 0 Å². The van der Waals surface area contributed by atoms with E-state index in [0.717, 1.165) is 12.0 Å². The molecule has 0 spiro atoms. The zero-order valence-electron chi connectivity index (χ0n) is 11.9. The van der Waals surface area contributed by atoms with Gasteiger partial charge in [-0.1, -0.05) is 13.8 Å². The lowest BCUT2D eigenvalue weighted by Crippen LogP contribution is -2.26. The molecule has 0 amide bonds. The molecule has 1 atom stereocenters. The molecule has 5 nitrogen and oxygen atoms in total. The van der Waals surface area contributed by atoms with Crippen LogP contribution in [-0.2, 0) is 10.0 Å². The van der Waals surface area contributed by atoms with Crippen molar-refractivity contribution in [2.45, 2.75) is 37.6 Å². The lowest BCUT2D eigenvalue weighted by Gasteiger charge is -2.23. The number of fused-ring (bicyclic) bond motifs is 1. The maximum atomic E-state index is 12.2. The van der Waals surface area contributed by atoms with Gasteiger partial charge in [0.1, 0.15) is 5.75 Å². The van der Waals surface area contributed by atoms with Crippen LogP contribution in [0.5, 0.6) is 5.75 Å². The first-order valence-electron chi connectivity index (χ1n) is 6.92. The van der Waals surface area contributed by atoms with Crippen LogP contribution >= 0.6 is 0 Å². The maximum Gasteiger partial charge on any atom is 0.240 e. The van der Waals surface area contributed by atoms with E-state index in [4.69, 9.17) is 10.5 Å². The van der Waals surface area contributed by atoms with Crippen molar-refractivity contribution in [3.63, 3.8) is 0 Å². The standard InChI is InChI=1S/C14H22N2O3S/c1-10(2)5-7-16-20(17,18)11-3-4-14-12(9-11)13(15)6-8-19-14/h3-4,9-10,13,16H,5-8,15H2,1-2H3. The third-order valence-corrected chi connectivity index (χ3v) is 4.85. The first-order chi connectivity index (χ1) is 9.40. The Morgan fingerprint density at radius 2 is 2.20 bits per heavy atom. The van der Waals surface area contributed by atoms with E-state index >= 15 is 0 Å². The number of rotatable bonds is 5. The second-order valence-electron chi connectivity index (χ2n) is 5.52. The molecule has 1 heterocycles. The summed E-state index contributed by atoms with van der Waals surface area (Å²) in [6, 6.07) is 4.71. The molecule has 112 valence electrons. The van der Waals surface area contributed by atoms with Gasteiger partial charge in [0.05, 0.1) is 11.5 Å². The van der Waals surface area contributed by atoms with Crippen LogP contribution in [0.4, 0.5) is 0 Å². The van der Waals surface area contributed by atoms with Crippen molar-refractivity contribution in [1.82, 2.24) is 4.72 Å². The highest BCUT2D eigenvalue weighted by atomic mass is 32.2. The van der Waals surface area contributed by atoms with Gasteiger partial charge in [0.15, 0.2) is 0 Å². The summed E-state index contributed by atoms with van der Waals surface area (Å²) in [4.78, 5) is 0.251. The second-order valence-corrected chi connectivity index (χ2v) is 7.29. The third-order valence-electron chi connectivity index (χ3n) is 3.39. The number of ether oxygens (including phenoxy) is 1. The molecule has 3 N–H and O–H groups in total. The summed E-state index contributed by atoms with van der Waals surface area (Å²) in [5.41, 5.74) is 6.77. The van der Waals surface area contributed by atoms with Crippen LogP contribution in [0.3, 0.4) is 0 Å². The average molecular weight is 298 g/mol. The van der Waals surface area contributed by atoms with Gasteiger partial charge < -0.3 is 10.5 Å². The van der Waals surface area contributed by atoms with Crippen LogP contribution in [-0.4, -0.2) is 21.6 Å². The predicted octanol–water partition coefficient (Wildman–Crippen LogP) is 1.79. The highest BCUT2D eigenvalue weighted by Gasteiger charge is 2.22. The fourth-order valence-corrected chi connectivity index (χ4v) is 3.21. The van der Waals surface area contributed by atoms with Crippen LogP contribution in [0.25, 0.3) is 0 Å². The SMILES string of the molecule is CC(C)CCNS(=O)(=O)c1ccc2c(c1)C(N)CCO2. The smallest absolute Gasteiger partial charge is 0.240 e. The molecule has 0 saturated carbocycles. The van der Waals surface area contributed by atoms with Crippen LogP contribution in [0.2, 0.25) is 0 Å². The minimum atomic E-state index is -3.47. The van der Waals surface area contributed by atoms with Gasteiger partial charge >= 0.3 is 0 Å². The number of hydrogen-bond acceptors (Lipinski definition) is 4. The van der Waals surface area contributed by atoms with E-state index in [9.17, 15) is 8.42 Å². The maximum absolute atomic E-state index is 12.2. The Labute approximate surface area is 120 Å². The number of nitrogens with two attached hydrogens (primary N) is 1. The van der Waals surface area contributed by atoms with Crippen LogP contribution < -0.4 is 15.2 Å². The van der Waals surface area contributed by atoms with Crippen molar-refractivity contribution in [2.75, 3.05) is 13.2 Å². The Bertz CT molecular complexity index is 570. The molecule has 1 aromatic rings. The van der Waals surface area contributed by atoms with Gasteiger partial charge in [-0.3, -0.25) is 0 Å². The predicted molar refractivity (Wildman–Crippen MR) is 78.1 cm³/mol. The molecule has 0 saturated heterocycles. The summed E-state index contributed by atoms with van der Waals surface area (Å²) in [5.74, 6) is 1.15. The molecule has 0 aromatic heterocycles. The molecule has 1 aromatic carbocycles. The van der Waals surface area contributed by atoms with Crippen molar-refractivity contribution < 1.29 is 13.2 Å². The molecule has 0 fully saturated rings. The fraction of sp³-hybridized carbons (Fsp3) is 0.571. The largest absolute Gasteiger partial charge is 0.493 e. The summed E-state index contributed by atoms with van der Waals surface area (Å²) in [6.07, 6.45) is 1.52. The number of hydrogen-bond donors (Lipinski definition) is 2. The molecule has 20 heavy (non-hydrogen) atoms. The second kappa shape index (κ2) is 6.11. The Morgan fingerprint density at radius 3 is 2.90 bits per heavy atom. The molecular weight excluding hydrogens is 276 g/mol. The molecule has 1 unspecified atom stereocenters. The normalized spacial score (nSPS) is 18.7. The Hall–Kier alpha value is -1.11. The minimum absolute atomic E-state index is 0.162. The number of benzene rings is 1. The first-order valence-corrected chi connectivity index (χ1v) is 8.40. The van der Waals surface area contributed by atoms with E-state index in [-0.39, 0.29) is 10.9 Å². The molecule has 0 radical (unpaired) electrons. The summed E-state index contributed by atoms with van der Waals surface area (Å²) in [7, 11) is -3.47. The van der Waals surface area contributed by atoms with Gasteiger partial charge in [-0.15, -0.1) is 0 Å². The van der Waals surface area contributed by atoms with Gasteiger partial charge in [-0.05, 0) is 30.5 Å². The Morgan fingerprint density at radius 1 is 1.45 bits per heavy atom. The van der Waals surface area contributed by atoms with E-state index in [2.05, 4.69) is 18.6 Å². The molecular formula is C14H22N2O3S. The quantitative estimate of drug-likeness (QED) is 0.868. The van der Waals surface area contributed by atoms with Gasteiger partial charge in [0, 0.05) is 24.6 Å². The van der Waals surface area contributed by atoms with Crippen molar-refractivity contribution in [1.29, 1.82) is 0 Å². The Balaban J connectivity index is 2.18. The van der Waals surface area contributed by atoms with Gasteiger partial charge in [0.2, 0.25) is 10.0 Å². The van der Waals surface area contributed by atoms with Gasteiger partial charge in [-0.25, -0.2) is 13.1 Å². The van der Waals surface area contributed by atoms with Crippen molar-refractivity contribution in [3.05, 3.63) is 23.8 Å². The molecule has 0 aliphatic carbocycles. The fourth-order valence-electron chi connectivity index (χ4n) is 2.13. The van der Waals surface area contributed by atoms with E-state index in [0.29, 0.717) is 31.2 Å². The Kier molecular flexibility index (Phi) is 4.67. The summed E-state index contributed by atoms with van der Waals surface area (Å²) in [6.45, 7) is 5.14. The summed E-state index contributed by atoms with van der Waals surface area (Å²) >= 11 is 0. The van der Waals surface area contributed by atoms with Crippen LogP contribution in [0, 0.1) is 5.92 Å². The molecule has 1 aliphatic rings. The first kappa shape index (κ1) is 15.3. The van der Waals surface area contributed by atoms with Crippen LogP contribution in [0.15, 0.2) is 23.1 Å². The minimum Gasteiger partial charge on any atom is -0.493 e.